The Labute approximate surface area is 130 Å². The van der Waals surface area contributed by atoms with Crippen LogP contribution in [0.3, 0.4) is 0 Å². The third-order valence-electron chi connectivity index (χ3n) is 2.79. The van der Waals surface area contributed by atoms with Crippen LogP contribution in [0.4, 0.5) is 8.78 Å². The van der Waals surface area contributed by atoms with Crippen LogP contribution in [0.25, 0.3) is 0 Å². The van der Waals surface area contributed by atoms with Gasteiger partial charge < -0.3 is 18.9 Å². The Morgan fingerprint density at radius 1 is 1.14 bits per heavy atom. The van der Waals surface area contributed by atoms with Gasteiger partial charge in [-0.05, 0) is 24.3 Å². The molecular formula is C14H17BrF2O4. The fourth-order valence-corrected chi connectivity index (χ4v) is 2.13. The van der Waals surface area contributed by atoms with E-state index >= 15 is 0 Å². The van der Waals surface area contributed by atoms with Crippen molar-refractivity contribution in [3.8, 4) is 5.75 Å². The second-order valence-electron chi connectivity index (χ2n) is 4.61. The van der Waals surface area contributed by atoms with E-state index < -0.39 is 13.0 Å². The molecule has 0 saturated carbocycles. The minimum atomic E-state index is -2.47. The van der Waals surface area contributed by atoms with Crippen LogP contribution in [0.15, 0.2) is 28.7 Å². The molecule has 0 bridgehead atoms. The van der Waals surface area contributed by atoms with Crippen LogP contribution in [-0.4, -0.2) is 51.7 Å². The predicted octanol–water partition coefficient (Wildman–Crippen LogP) is 2.89. The van der Waals surface area contributed by atoms with Gasteiger partial charge in [0.2, 0.25) is 0 Å². The molecule has 118 valence electrons. The second kappa shape index (κ2) is 8.63. The molecule has 2 atom stereocenters. The van der Waals surface area contributed by atoms with Crippen molar-refractivity contribution in [2.75, 3.05) is 33.0 Å². The zero-order valence-electron chi connectivity index (χ0n) is 11.3. The van der Waals surface area contributed by atoms with Crippen LogP contribution >= 0.6 is 15.9 Å². The average molecular weight is 367 g/mol. The highest BCUT2D eigenvalue weighted by Crippen LogP contribution is 2.17. The largest absolute Gasteiger partial charge is 0.491 e. The number of benzene rings is 1. The molecule has 2 rings (SSSR count). The van der Waals surface area contributed by atoms with E-state index in [9.17, 15) is 8.78 Å². The molecular weight excluding hydrogens is 350 g/mol. The first-order valence-electron chi connectivity index (χ1n) is 6.61. The van der Waals surface area contributed by atoms with Crippen LogP contribution in [0.5, 0.6) is 5.75 Å². The van der Waals surface area contributed by atoms with E-state index in [0.29, 0.717) is 19.8 Å². The Morgan fingerprint density at radius 2 is 1.81 bits per heavy atom. The molecule has 1 aliphatic heterocycles. The number of alkyl halides is 2. The summed E-state index contributed by atoms with van der Waals surface area (Å²) in [7, 11) is 0. The normalized spacial score (nSPS) is 22.5. The topological polar surface area (TPSA) is 36.9 Å². The molecule has 2 unspecified atom stereocenters. The van der Waals surface area contributed by atoms with Crippen LogP contribution in [-0.2, 0) is 14.2 Å². The van der Waals surface area contributed by atoms with Crippen molar-refractivity contribution in [3.63, 3.8) is 0 Å². The molecule has 0 spiro atoms. The quantitative estimate of drug-likeness (QED) is 0.743. The molecule has 4 nitrogen and oxygen atoms in total. The van der Waals surface area contributed by atoms with Gasteiger partial charge in [-0.1, -0.05) is 15.9 Å². The van der Waals surface area contributed by atoms with Crippen molar-refractivity contribution >= 4 is 15.9 Å². The van der Waals surface area contributed by atoms with Gasteiger partial charge in [-0.25, -0.2) is 8.78 Å². The second-order valence-corrected chi connectivity index (χ2v) is 5.53. The van der Waals surface area contributed by atoms with E-state index in [0.717, 1.165) is 10.2 Å². The molecule has 0 N–H and O–H groups in total. The maximum absolute atomic E-state index is 12.0. The maximum Gasteiger partial charge on any atom is 0.261 e. The van der Waals surface area contributed by atoms with E-state index in [1.807, 2.05) is 24.3 Å². The van der Waals surface area contributed by atoms with Crippen LogP contribution in [0.1, 0.15) is 0 Å². The van der Waals surface area contributed by atoms with E-state index in [4.69, 9.17) is 18.9 Å². The highest BCUT2D eigenvalue weighted by atomic mass is 79.9. The lowest BCUT2D eigenvalue weighted by atomic mass is 10.3. The lowest BCUT2D eigenvalue weighted by molar-refractivity contribution is -0.168. The number of rotatable bonds is 7. The van der Waals surface area contributed by atoms with Crippen LogP contribution < -0.4 is 4.74 Å². The lowest BCUT2D eigenvalue weighted by Crippen LogP contribution is -2.42. The molecule has 1 fully saturated rings. The zero-order valence-corrected chi connectivity index (χ0v) is 12.9. The van der Waals surface area contributed by atoms with Gasteiger partial charge in [0, 0.05) is 4.47 Å². The van der Waals surface area contributed by atoms with Crippen molar-refractivity contribution in [2.24, 2.45) is 0 Å². The Bertz CT molecular complexity index is 416. The van der Waals surface area contributed by atoms with E-state index in [1.54, 1.807) is 0 Å². The minimum Gasteiger partial charge on any atom is -0.491 e. The van der Waals surface area contributed by atoms with Gasteiger partial charge in [0.05, 0.1) is 19.8 Å². The summed E-state index contributed by atoms with van der Waals surface area (Å²) >= 11 is 3.35. The Balaban J connectivity index is 1.69. The van der Waals surface area contributed by atoms with Gasteiger partial charge in [0.1, 0.15) is 31.2 Å². The number of ether oxygens (including phenoxy) is 4. The molecule has 1 saturated heterocycles. The SMILES string of the molecule is FC(F)COCC1COCC(COc2ccc(Br)cc2)O1. The van der Waals surface area contributed by atoms with Crippen molar-refractivity contribution in [1.29, 1.82) is 0 Å². The zero-order chi connectivity index (χ0) is 15.1. The summed E-state index contributed by atoms with van der Waals surface area (Å²) in [5, 5.41) is 0. The highest BCUT2D eigenvalue weighted by molar-refractivity contribution is 9.10. The number of halogens is 3. The van der Waals surface area contributed by atoms with Gasteiger partial charge in [0.25, 0.3) is 6.43 Å². The average Bonchev–Trinajstić information content (AvgIpc) is 2.47. The molecule has 1 aromatic rings. The summed E-state index contributed by atoms with van der Waals surface area (Å²) < 4.78 is 46.5. The first-order valence-corrected chi connectivity index (χ1v) is 7.40. The summed E-state index contributed by atoms with van der Waals surface area (Å²) in [4.78, 5) is 0. The smallest absolute Gasteiger partial charge is 0.261 e. The summed E-state index contributed by atoms with van der Waals surface area (Å²) in [6.45, 7) is 0.617. The molecule has 0 amide bonds. The van der Waals surface area contributed by atoms with Gasteiger partial charge in [-0.2, -0.15) is 0 Å². The molecule has 0 aromatic heterocycles. The summed E-state index contributed by atoms with van der Waals surface area (Å²) in [6.07, 6.45) is -3.04. The summed E-state index contributed by atoms with van der Waals surface area (Å²) in [5.74, 6) is 0.734. The van der Waals surface area contributed by atoms with Gasteiger partial charge >= 0.3 is 0 Å². The molecule has 0 radical (unpaired) electrons. The predicted molar refractivity (Wildman–Crippen MR) is 75.9 cm³/mol. The van der Waals surface area contributed by atoms with E-state index in [-0.39, 0.29) is 18.8 Å². The molecule has 0 aliphatic carbocycles. The standard InChI is InChI=1S/C14H17BrF2O4/c15-10-1-3-11(4-2-10)20-8-13-7-18-5-12(21-13)6-19-9-14(16)17/h1-4,12-14H,5-9H2. The molecule has 1 aliphatic rings. The third-order valence-corrected chi connectivity index (χ3v) is 3.32. The number of hydrogen-bond acceptors (Lipinski definition) is 4. The van der Waals surface area contributed by atoms with Gasteiger partial charge in [0.15, 0.2) is 0 Å². The maximum atomic E-state index is 12.0. The van der Waals surface area contributed by atoms with Crippen LogP contribution in [0, 0.1) is 0 Å². The van der Waals surface area contributed by atoms with Gasteiger partial charge in [-0.3, -0.25) is 0 Å². The minimum absolute atomic E-state index is 0.0964. The first kappa shape index (κ1) is 16.6. The van der Waals surface area contributed by atoms with E-state index in [1.165, 1.54) is 0 Å². The van der Waals surface area contributed by atoms with Crippen molar-refractivity contribution in [3.05, 3.63) is 28.7 Å². The molecule has 1 heterocycles. The summed E-state index contributed by atoms with van der Waals surface area (Å²) in [5.41, 5.74) is 0. The lowest BCUT2D eigenvalue weighted by Gasteiger charge is -2.30. The molecule has 7 heteroatoms. The first-order chi connectivity index (χ1) is 10.1. The third kappa shape index (κ3) is 6.25. The van der Waals surface area contributed by atoms with Gasteiger partial charge in [-0.15, -0.1) is 0 Å². The fraction of sp³-hybridized carbons (Fsp3) is 0.571. The number of hydrogen-bond donors (Lipinski definition) is 0. The summed E-state index contributed by atoms with van der Waals surface area (Å²) in [6, 6.07) is 7.46. The molecule has 21 heavy (non-hydrogen) atoms. The fourth-order valence-electron chi connectivity index (χ4n) is 1.87. The van der Waals surface area contributed by atoms with E-state index in [2.05, 4.69) is 15.9 Å². The van der Waals surface area contributed by atoms with Crippen molar-refractivity contribution in [2.45, 2.75) is 18.6 Å². The van der Waals surface area contributed by atoms with Crippen molar-refractivity contribution in [1.82, 2.24) is 0 Å². The monoisotopic (exact) mass is 366 g/mol. The highest BCUT2D eigenvalue weighted by Gasteiger charge is 2.24. The Hall–Kier alpha value is -0.760. The van der Waals surface area contributed by atoms with Crippen LogP contribution in [0.2, 0.25) is 0 Å². The van der Waals surface area contributed by atoms with Crippen molar-refractivity contribution < 1.29 is 27.7 Å². The molecule has 1 aromatic carbocycles. The Kier molecular flexibility index (Phi) is 6.82. The Morgan fingerprint density at radius 3 is 2.48 bits per heavy atom.